The number of hydrogen-bond donors (Lipinski definition) is 0. The number of carbonyl (C=O) groups excluding carboxylic acids is 2. The van der Waals surface area contributed by atoms with Crippen LogP contribution in [0.3, 0.4) is 0 Å². The summed E-state index contributed by atoms with van der Waals surface area (Å²) in [6.07, 6.45) is 14.0. The zero-order chi connectivity index (χ0) is 28.2. The van der Waals surface area contributed by atoms with Crippen LogP contribution in [0.5, 0.6) is 11.5 Å². The van der Waals surface area contributed by atoms with Crippen molar-refractivity contribution in [3.63, 3.8) is 0 Å². The van der Waals surface area contributed by atoms with Gasteiger partial charge in [-0.1, -0.05) is 62.0 Å². The summed E-state index contributed by atoms with van der Waals surface area (Å²) in [6, 6.07) is 5.35. The second-order valence-corrected chi connectivity index (χ2v) is 9.87. The largest absolute Gasteiger partial charge is 0.514 e. The van der Waals surface area contributed by atoms with Crippen molar-refractivity contribution < 1.29 is 28.5 Å². The Morgan fingerprint density at radius 1 is 0.974 bits per heavy atom. The lowest BCUT2D eigenvalue weighted by Crippen LogP contribution is -2.22. The average Bonchev–Trinajstić information content (AvgIpc) is 2.87. The van der Waals surface area contributed by atoms with Gasteiger partial charge >= 0.3 is 12.1 Å². The van der Waals surface area contributed by atoms with E-state index < -0.39 is 12.3 Å². The lowest BCUT2D eigenvalue weighted by Gasteiger charge is -2.18. The van der Waals surface area contributed by atoms with Crippen molar-refractivity contribution >= 4 is 12.1 Å². The number of methoxy groups -OCH3 is 1. The molecule has 0 aliphatic rings. The molecular weight excluding hydrogens is 480 g/mol. The minimum atomic E-state index is -0.804. The molecule has 1 aromatic carbocycles. The van der Waals surface area contributed by atoms with Gasteiger partial charge in [-0.25, -0.2) is 4.79 Å². The average molecular weight is 529 g/mol. The smallest absolute Gasteiger partial charge is 0.493 e. The Labute approximate surface area is 230 Å². The highest BCUT2D eigenvalue weighted by molar-refractivity contribution is 5.69. The van der Waals surface area contributed by atoms with Crippen LogP contribution < -0.4 is 9.47 Å². The summed E-state index contributed by atoms with van der Waals surface area (Å²) in [4.78, 5) is 24.9. The summed E-state index contributed by atoms with van der Waals surface area (Å²) in [5.74, 6) is 0.439. The van der Waals surface area contributed by atoms with E-state index in [1.807, 2.05) is 25.1 Å². The SMILES string of the molecule is C=CCc1ccc(OC(=O)OC(CCCCCCC)CCC(=O)OC/C=C(\C)CCC=C(C)C)c(OC)c1. The van der Waals surface area contributed by atoms with E-state index in [1.54, 1.807) is 12.1 Å². The molecule has 0 aliphatic heterocycles. The zero-order valence-electron chi connectivity index (χ0n) is 24.2. The molecule has 0 spiro atoms. The number of ether oxygens (including phenoxy) is 4. The maximum absolute atomic E-state index is 12.6. The van der Waals surface area contributed by atoms with Gasteiger partial charge in [0.2, 0.25) is 0 Å². The molecule has 1 unspecified atom stereocenters. The van der Waals surface area contributed by atoms with Gasteiger partial charge in [-0.15, -0.1) is 6.58 Å². The van der Waals surface area contributed by atoms with Gasteiger partial charge in [0.05, 0.1) is 7.11 Å². The van der Waals surface area contributed by atoms with Crippen LogP contribution in [-0.2, 0) is 20.7 Å². The highest BCUT2D eigenvalue weighted by Gasteiger charge is 2.19. The number of benzene rings is 1. The van der Waals surface area contributed by atoms with Crippen LogP contribution >= 0.6 is 0 Å². The maximum atomic E-state index is 12.6. The van der Waals surface area contributed by atoms with Gasteiger partial charge in [0.15, 0.2) is 11.5 Å². The van der Waals surface area contributed by atoms with Gasteiger partial charge in [-0.2, -0.15) is 0 Å². The molecule has 0 aliphatic carbocycles. The molecule has 1 rings (SSSR count). The van der Waals surface area contributed by atoms with Crippen molar-refractivity contribution in [3.05, 3.63) is 59.7 Å². The van der Waals surface area contributed by atoms with Gasteiger partial charge in [0, 0.05) is 6.42 Å². The van der Waals surface area contributed by atoms with Crippen LogP contribution in [0.4, 0.5) is 4.79 Å². The van der Waals surface area contributed by atoms with Gasteiger partial charge in [-0.05, 0) is 83.1 Å². The van der Waals surface area contributed by atoms with Gasteiger partial charge in [0.1, 0.15) is 12.7 Å². The molecule has 0 radical (unpaired) electrons. The Kier molecular flexibility index (Phi) is 17.4. The molecule has 0 fully saturated rings. The Morgan fingerprint density at radius 3 is 2.42 bits per heavy atom. The van der Waals surface area contributed by atoms with Crippen LogP contribution in [0.25, 0.3) is 0 Å². The Morgan fingerprint density at radius 2 is 1.74 bits per heavy atom. The fourth-order valence-corrected chi connectivity index (χ4v) is 3.90. The third kappa shape index (κ3) is 15.3. The molecular formula is C32H48O6. The van der Waals surface area contributed by atoms with E-state index in [-0.39, 0.29) is 24.7 Å². The molecule has 0 amide bonds. The summed E-state index contributed by atoms with van der Waals surface area (Å²) in [6.45, 7) is 12.4. The number of hydrogen-bond acceptors (Lipinski definition) is 6. The Balaban J connectivity index is 2.64. The standard InChI is InChI=1S/C32H48O6/c1-7-9-10-11-12-17-28(19-21-31(33)36-23-22-26(5)16-13-15-25(3)4)37-32(34)38-29-20-18-27(14-8-2)24-30(29)35-6/h8,15,18,20,22,24,28H,2,7,9-14,16-17,19,21,23H2,1,3-6H3/b26-22+. The van der Waals surface area contributed by atoms with Crippen molar-refractivity contribution in [2.45, 2.75) is 104 Å². The first-order chi connectivity index (χ1) is 18.3. The monoisotopic (exact) mass is 528 g/mol. The first-order valence-corrected chi connectivity index (χ1v) is 13.9. The van der Waals surface area contributed by atoms with E-state index in [2.05, 4.69) is 33.4 Å². The molecule has 0 saturated heterocycles. The molecule has 212 valence electrons. The molecule has 6 heteroatoms. The number of esters is 1. The molecule has 38 heavy (non-hydrogen) atoms. The fraction of sp³-hybridized carbons (Fsp3) is 0.562. The van der Waals surface area contributed by atoms with Crippen LogP contribution in [0, 0.1) is 0 Å². The second kappa shape index (κ2) is 20.0. The summed E-state index contributed by atoms with van der Waals surface area (Å²) in [5, 5.41) is 0. The normalized spacial score (nSPS) is 11.9. The summed E-state index contributed by atoms with van der Waals surface area (Å²) in [5.41, 5.74) is 3.49. The zero-order valence-corrected chi connectivity index (χ0v) is 24.2. The van der Waals surface area contributed by atoms with E-state index in [9.17, 15) is 9.59 Å². The summed E-state index contributed by atoms with van der Waals surface area (Å²) in [7, 11) is 1.52. The van der Waals surface area contributed by atoms with E-state index in [4.69, 9.17) is 18.9 Å². The predicted molar refractivity (Wildman–Crippen MR) is 154 cm³/mol. The Bertz CT molecular complexity index is 911. The molecule has 0 saturated carbocycles. The predicted octanol–water partition coefficient (Wildman–Crippen LogP) is 8.68. The van der Waals surface area contributed by atoms with Crippen molar-refractivity contribution in [2.24, 2.45) is 0 Å². The third-order valence-electron chi connectivity index (χ3n) is 6.13. The van der Waals surface area contributed by atoms with Crippen molar-refractivity contribution in [1.82, 2.24) is 0 Å². The van der Waals surface area contributed by atoms with Gasteiger partial charge in [0.25, 0.3) is 0 Å². The third-order valence-corrected chi connectivity index (χ3v) is 6.13. The molecule has 0 N–H and O–H groups in total. The number of carbonyl (C=O) groups is 2. The summed E-state index contributed by atoms with van der Waals surface area (Å²) >= 11 is 0. The quantitative estimate of drug-likeness (QED) is 0.0774. The topological polar surface area (TPSA) is 71.1 Å². The number of allylic oxidation sites excluding steroid dienone is 4. The Hall–Kier alpha value is -3.02. The van der Waals surface area contributed by atoms with Crippen LogP contribution in [0.1, 0.15) is 97.5 Å². The second-order valence-electron chi connectivity index (χ2n) is 9.87. The van der Waals surface area contributed by atoms with E-state index in [1.165, 1.54) is 24.7 Å². The molecule has 0 heterocycles. The molecule has 0 bridgehead atoms. The lowest BCUT2D eigenvalue weighted by molar-refractivity contribution is -0.143. The maximum Gasteiger partial charge on any atom is 0.514 e. The van der Waals surface area contributed by atoms with Crippen molar-refractivity contribution in [1.29, 1.82) is 0 Å². The lowest BCUT2D eigenvalue weighted by atomic mass is 10.0. The molecule has 1 atom stereocenters. The fourth-order valence-electron chi connectivity index (χ4n) is 3.90. The van der Waals surface area contributed by atoms with Gasteiger partial charge < -0.3 is 18.9 Å². The minimum absolute atomic E-state index is 0.178. The van der Waals surface area contributed by atoms with E-state index >= 15 is 0 Å². The van der Waals surface area contributed by atoms with Crippen LogP contribution in [0.15, 0.2) is 54.2 Å². The molecule has 6 nitrogen and oxygen atoms in total. The van der Waals surface area contributed by atoms with E-state index in [0.717, 1.165) is 44.1 Å². The summed E-state index contributed by atoms with van der Waals surface area (Å²) < 4.78 is 21.8. The van der Waals surface area contributed by atoms with Crippen LogP contribution in [-0.4, -0.2) is 31.9 Å². The van der Waals surface area contributed by atoms with Crippen molar-refractivity contribution in [2.75, 3.05) is 13.7 Å². The first-order valence-electron chi connectivity index (χ1n) is 13.9. The first kappa shape index (κ1) is 33.0. The highest BCUT2D eigenvalue weighted by Crippen LogP contribution is 2.29. The van der Waals surface area contributed by atoms with Crippen molar-refractivity contribution in [3.8, 4) is 11.5 Å². The minimum Gasteiger partial charge on any atom is -0.493 e. The number of unbranched alkanes of at least 4 members (excludes halogenated alkanes) is 4. The number of rotatable bonds is 19. The van der Waals surface area contributed by atoms with Gasteiger partial charge in [-0.3, -0.25) is 4.79 Å². The van der Waals surface area contributed by atoms with Crippen LogP contribution in [0.2, 0.25) is 0 Å². The highest BCUT2D eigenvalue weighted by atomic mass is 16.7. The van der Waals surface area contributed by atoms with E-state index in [0.29, 0.717) is 25.0 Å². The molecule has 1 aromatic rings. The molecule has 0 aromatic heterocycles.